The van der Waals surface area contributed by atoms with Crippen molar-refractivity contribution >= 4 is 10.0 Å². The molecule has 0 fully saturated rings. The van der Waals surface area contributed by atoms with Gasteiger partial charge < -0.3 is 5.32 Å². The van der Waals surface area contributed by atoms with Crippen molar-refractivity contribution in [1.82, 2.24) is 14.6 Å². The predicted octanol–water partition coefficient (Wildman–Crippen LogP) is 0.885. The third-order valence-corrected chi connectivity index (χ3v) is 4.30. The Morgan fingerprint density at radius 1 is 1.26 bits per heavy atom. The number of nitrogens with zero attached hydrogens (tertiary/aromatic N) is 2. The van der Waals surface area contributed by atoms with Crippen LogP contribution < -0.4 is 5.32 Å². The summed E-state index contributed by atoms with van der Waals surface area (Å²) in [6.45, 7) is 4.71. The molecule has 1 aromatic rings. The maximum Gasteiger partial charge on any atom is 0.211 e. The first kappa shape index (κ1) is 16.1. The molecule has 1 heterocycles. The van der Waals surface area contributed by atoms with Gasteiger partial charge in [0.05, 0.1) is 6.26 Å². The number of pyridine rings is 1. The van der Waals surface area contributed by atoms with Crippen molar-refractivity contribution in [3.63, 3.8) is 0 Å². The molecule has 108 valence electrons. The number of sulfonamides is 1. The lowest BCUT2D eigenvalue weighted by Crippen LogP contribution is -2.32. The van der Waals surface area contributed by atoms with Crippen LogP contribution in [-0.4, -0.2) is 50.1 Å². The summed E-state index contributed by atoms with van der Waals surface area (Å²) in [6.07, 6.45) is 6.64. The molecule has 1 rings (SSSR count). The Hall–Kier alpha value is -0.980. The molecule has 5 nitrogen and oxygen atoms in total. The van der Waals surface area contributed by atoms with Crippen LogP contribution in [0.1, 0.15) is 18.9 Å². The highest BCUT2D eigenvalue weighted by atomic mass is 32.2. The smallest absolute Gasteiger partial charge is 0.211 e. The van der Waals surface area contributed by atoms with Crippen molar-refractivity contribution < 1.29 is 8.42 Å². The molecule has 6 heteroatoms. The highest BCUT2D eigenvalue weighted by molar-refractivity contribution is 7.88. The van der Waals surface area contributed by atoms with Gasteiger partial charge in [0.1, 0.15) is 0 Å². The van der Waals surface area contributed by atoms with Crippen LogP contribution in [0.4, 0.5) is 0 Å². The maximum atomic E-state index is 11.4. The van der Waals surface area contributed by atoms with Crippen molar-refractivity contribution in [3.05, 3.63) is 30.1 Å². The van der Waals surface area contributed by atoms with E-state index in [0.717, 1.165) is 25.9 Å². The first-order valence-corrected chi connectivity index (χ1v) is 8.43. The van der Waals surface area contributed by atoms with Crippen LogP contribution in [0.3, 0.4) is 0 Å². The van der Waals surface area contributed by atoms with E-state index in [4.69, 9.17) is 0 Å². The van der Waals surface area contributed by atoms with E-state index in [0.29, 0.717) is 13.1 Å². The van der Waals surface area contributed by atoms with Crippen molar-refractivity contribution in [2.45, 2.75) is 19.8 Å². The summed E-state index contributed by atoms with van der Waals surface area (Å²) in [4.78, 5) is 3.97. The van der Waals surface area contributed by atoms with Crippen LogP contribution in [0.25, 0.3) is 0 Å². The minimum atomic E-state index is -3.05. The largest absolute Gasteiger partial charge is 0.316 e. The van der Waals surface area contributed by atoms with E-state index < -0.39 is 10.0 Å². The monoisotopic (exact) mass is 285 g/mol. The van der Waals surface area contributed by atoms with E-state index in [1.165, 1.54) is 16.1 Å². The minimum absolute atomic E-state index is 0.538. The molecule has 0 aromatic carbocycles. The van der Waals surface area contributed by atoms with E-state index in [1.807, 2.05) is 19.1 Å². The maximum absolute atomic E-state index is 11.4. The second kappa shape index (κ2) is 8.24. The molecule has 1 aromatic heterocycles. The first-order valence-electron chi connectivity index (χ1n) is 6.58. The molecule has 19 heavy (non-hydrogen) atoms. The van der Waals surface area contributed by atoms with Gasteiger partial charge in [0.15, 0.2) is 0 Å². The van der Waals surface area contributed by atoms with E-state index in [-0.39, 0.29) is 0 Å². The van der Waals surface area contributed by atoms with Crippen LogP contribution in [-0.2, 0) is 16.4 Å². The SMILES string of the molecule is CCN(CCCNCCc1ccncc1)S(C)(=O)=O. The molecule has 0 spiro atoms. The lowest BCUT2D eigenvalue weighted by atomic mass is 10.2. The third kappa shape index (κ3) is 6.66. The lowest BCUT2D eigenvalue weighted by Gasteiger charge is -2.17. The highest BCUT2D eigenvalue weighted by Gasteiger charge is 2.12. The van der Waals surface area contributed by atoms with Gasteiger partial charge >= 0.3 is 0 Å². The van der Waals surface area contributed by atoms with E-state index >= 15 is 0 Å². The molecule has 0 saturated carbocycles. The zero-order valence-electron chi connectivity index (χ0n) is 11.7. The Labute approximate surface area is 116 Å². The van der Waals surface area contributed by atoms with Gasteiger partial charge in [-0.2, -0.15) is 0 Å². The van der Waals surface area contributed by atoms with Crippen molar-refractivity contribution in [2.75, 3.05) is 32.4 Å². The summed E-state index contributed by atoms with van der Waals surface area (Å²) >= 11 is 0. The van der Waals surface area contributed by atoms with Gasteiger partial charge in [-0.3, -0.25) is 4.98 Å². The Morgan fingerprint density at radius 3 is 2.53 bits per heavy atom. The third-order valence-electron chi connectivity index (χ3n) is 2.92. The Balaban J connectivity index is 2.11. The topological polar surface area (TPSA) is 62.3 Å². The Kier molecular flexibility index (Phi) is 6.97. The molecule has 0 atom stereocenters. The molecule has 0 bridgehead atoms. The fourth-order valence-corrected chi connectivity index (χ4v) is 2.78. The van der Waals surface area contributed by atoms with Gasteiger partial charge in [-0.05, 0) is 43.6 Å². The molecule has 1 N–H and O–H groups in total. The summed E-state index contributed by atoms with van der Waals surface area (Å²) < 4.78 is 24.2. The predicted molar refractivity (Wildman–Crippen MR) is 77.5 cm³/mol. The summed E-state index contributed by atoms with van der Waals surface area (Å²) in [7, 11) is -3.05. The van der Waals surface area contributed by atoms with Crippen LogP contribution in [0.15, 0.2) is 24.5 Å². The first-order chi connectivity index (χ1) is 9.04. The van der Waals surface area contributed by atoms with Gasteiger partial charge in [-0.15, -0.1) is 0 Å². The fourth-order valence-electron chi connectivity index (χ4n) is 1.85. The standard InChI is InChI=1S/C13H23N3O2S/c1-3-16(19(2,17)18)12-4-8-14-9-5-13-6-10-15-11-7-13/h6-7,10-11,14H,3-5,8-9,12H2,1-2H3. The number of aromatic nitrogens is 1. The molecule has 0 aliphatic heterocycles. The van der Waals surface area contributed by atoms with Gasteiger partial charge in [0.25, 0.3) is 0 Å². The molecule has 0 radical (unpaired) electrons. The number of nitrogens with one attached hydrogen (secondary N) is 1. The van der Waals surface area contributed by atoms with Gasteiger partial charge in [0.2, 0.25) is 10.0 Å². The second-order valence-corrected chi connectivity index (χ2v) is 6.45. The molecule has 0 saturated heterocycles. The summed E-state index contributed by atoms with van der Waals surface area (Å²) in [6, 6.07) is 4.01. The van der Waals surface area contributed by atoms with Gasteiger partial charge in [-0.25, -0.2) is 12.7 Å². The number of hydrogen-bond acceptors (Lipinski definition) is 4. The summed E-state index contributed by atoms with van der Waals surface area (Å²) in [5.74, 6) is 0. The van der Waals surface area contributed by atoms with E-state index in [1.54, 1.807) is 12.4 Å². The molecular formula is C13H23N3O2S. The van der Waals surface area contributed by atoms with Crippen molar-refractivity contribution in [2.24, 2.45) is 0 Å². The summed E-state index contributed by atoms with van der Waals surface area (Å²) in [5, 5.41) is 3.32. The zero-order valence-corrected chi connectivity index (χ0v) is 12.5. The van der Waals surface area contributed by atoms with Gasteiger partial charge in [-0.1, -0.05) is 6.92 Å². The minimum Gasteiger partial charge on any atom is -0.316 e. The van der Waals surface area contributed by atoms with Crippen LogP contribution in [0, 0.1) is 0 Å². The summed E-state index contributed by atoms with van der Waals surface area (Å²) in [5.41, 5.74) is 1.26. The van der Waals surface area contributed by atoms with Crippen molar-refractivity contribution in [3.8, 4) is 0 Å². The average molecular weight is 285 g/mol. The second-order valence-electron chi connectivity index (χ2n) is 4.46. The zero-order chi connectivity index (χ0) is 14.1. The Morgan fingerprint density at radius 2 is 1.95 bits per heavy atom. The van der Waals surface area contributed by atoms with E-state index in [9.17, 15) is 8.42 Å². The molecule has 0 aliphatic carbocycles. The average Bonchev–Trinajstić information content (AvgIpc) is 2.37. The molecule has 0 amide bonds. The molecule has 0 aliphatic rings. The van der Waals surface area contributed by atoms with Crippen LogP contribution >= 0.6 is 0 Å². The highest BCUT2D eigenvalue weighted by Crippen LogP contribution is 1.99. The van der Waals surface area contributed by atoms with Crippen LogP contribution in [0.5, 0.6) is 0 Å². The van der Waals surface area contributed by atoms with Gasteiger partial charge in [0, 0.05) is 25.5 Å². The van der Waals surface area contributed by atoms with E-state index in [2.05, 4.69) is 10.3 Å². The number of hydrogen-bond donors (Lipinski definition) is 1. The van der Waals surface area contributed by atoms with Crippen molar-refractivity contribution in [1.29, 1.82) is 0 Å². The lowest BCUT2D eigenvalue weighted by molar-refractivity contribution is 0.419. The Bertz CT molecular complexity index is 448. The normalized spacial score (nSPS) is 11.9. The fraction of sp³-hybridized carbons (Fsp3) is 0.615. The molecule has 0 unspecified atom stereocenters. The molecular weight excluding hydrogens is 262 g/mol. The number of rotatable bonds is 9. The van der Waals surface area contributed by atoms with Crippen LogP contribution in [0.2, 0.25) is 0 Å². The quantitative estimate of drug-likeness (QED) is 0.684.